The van der Waals surface area contributed by atoms with Crippen molar-refractivity contribution in [3.05, 3.63) is 0 Å². The summed E-state index contributed by atoms with van der Waals surface area (Å²) in [6.07, 6.45) is 1.79. The number of nitrogens with zero attached hydrogens (tertiary/aromatic N) is 1. The average molecular weight is 300 g/mol. The summed E-state index contributed by atoms with van der Waals surface area (Å²) in [5, 5.41) is 3.36. The smallest absolute Gasteiger partial charge is 0.325 e. The Bertz CT molecular complexity index is 283. The maximum absolute atomic E-state index is 12.1. The lowest BCUT2D eigenvalue weighted by molar-refractivity contribution is -0.148. The first kappa shape index (κ1) is 20.4. The largest absolute Gasteiger partial charge is 0.468 e. The van der Waals surface area contributed by atoms with Crippen LogP contribution in [0.3, 0.4) is 0 Å². The van der Waals surface area contributed by atoms with Crippen molar-refractivity contribution in [1.29, 1.82) is 0 Å². The van der Waals surface area contributed by atoms with Crippen molar-refractivity contribution in [2.75, 3.05) is 33.3 Å². The average Bonchev–Trinajstić information content (AvgIpc) is 2.40. The molecule has 0 saturated heterocycles. The van der Waals surface area contributed by atoms with Crippen LogP contribution in [-0.4, -0.2) is 49.7 Å². The highest BCUT2D eigenvalue weighted by molar-refractivity contribution is 5.80. The van der Waals surface area contributed by atoms with E-state index in [-0.39, 0.29) is 5.97 Å². The summed E-state index contributed by atoms with van der Waals surface area (Å²) in [6, 6.07) is 0. The molecule has 4 heteroatoms. The molecule has 0 aliphatic heterocycles. The van der Waals surface area contributed by atoms with Gasteiger partial charge in [-0.05, 0) is 38.1 Å². The number of hydrogen-bond acceptors (Lipinski definition) is 4. The number of rotatable bonds is 11. The van der Waals surface area contributed by atoms with Gasteiger partial charge in [0.15, 0.2) is 0 Å². The Morgan fingerprint density at radius 2 is 1.71 bits per heavy atom. The third-order valence-corrected chi connectivity index (χ3v) is 3.58. The van der Waals surface area contributed by atoms with Gasteiger partial charge in [-0.1, -0.05) is 34.6 Å². The van der Waals surface area contributed by atoms with Crippen LogP contribution < -0.4 is 5.32 Å². The second-order valence-corrected chi connectivity index (χ2v) is 7.05. The predicted molar refractivity (Wildman–Crippen MR) is 89.4 cm³/mol. The third kappa shape index (κ3) is 8.42. The fourth-order valence-corrected chi connectivity index (χ4v) is 2.56. The third-order valence-electron chi connectivity index (χ3n) is 3.58. The molecule has 0 spiro atoms. The number of carbonyl (C=O) groups excluding carboxylic acids is 1. The molecule has 0 saturated carbocycles. The van der Waals surface area contributed by atoms with E-state index in [0.29, 0.717) is 11.8 Å². The highest BCUT2D eigenvalue weighted by Gasteiger charge is 2.33. The minimum Gasteiger partial charge on any atom is -0.468 e. The lowest BCUT2D eigenvalue weighted by atomic mass is 9.96. The Kier molecular flexibility index (Phi) is 9.88. The zero-order chi connectivity index (χ0) is 16.5. The van der Waals surface area contributed by atoms with Gasteiger partial charge in [-0.15, -0.1) is 0 Å². The number of methoxy groups -OCH3 is 1. The van der Waals surface area contributed by atoms with Crippen LogP contribution in [0.4, 0.5) is 0 Å². The number of hydrogen-bond donors (Lipinski definition) is 1. The number of ether oxygens (including phenoxy) is 1. The Morgan fingerprint density at radius 1 is 1.19 bits per heavy atom. The Morgan fingerprint density at radius 3 is 2.10 bits per heavy atom. The summed E-state index contributed by atoms with van der Waals surface area (Å²) >= 11 is 0. The van der Waals surface area contributed by atoms with E-state index in [1.807, 2.05) is 6.92 Å². The molecule has 1 atom stereocenters. The van der Waals surface area contributed by atoms with E-state index in [9.17, 15) is 4.79 Å². The molecular weight excluding hydrogens is 264 g/mol. The monoisotopic (exact) mass is 300 g/mol. The molecule has 0 heterocycles. The van der Waals surface area contributed by atoms with Gasteiger partial charge in [0, 0.05) is 19.6 Å². The van der Waals surface area contributed by atoms with Crippen molar-refractivity contribution in [1.82, 2.24) is 10.2 Å². The first-order chi connectivity index (χ1) is 9.75. The van der Waals surface area contributed by atoms with Gasteiger partial charge in [0.05, 0.1) is 7.11 Å². The fourth-order valence-electron chi connectivity index (χ4n) is 2.56. The fraction of sp³-hybridized carbons (Fsp3) is 0.941. The molecule has 4 nitrogen and oxygen atoms in total. The molecule has 0 aromatic heterocycles. The quantitative estimate of drug-likeness (QED) is 0.596. The molecule has 0 aliphatic rings. The molecule has 0 rings (SSSR count). The van der Waals surface area contributed by atoms with Crippen LogP contribution in [0.25, 0.3) is 0 Å². The van der Waals surface area contributed by atoms with Crippen LogP contribution in [0.5, 0.6) is 0 Å². The standard InChI is InChI=1S/C17H36N2O2/c1-8-10-18-17(6,16(20)21-7)9-11-19(12-14(2)3)13-15(4)5/h14-15,18H,8-13H2,1-7H3. The van der Waals surface area contributed by atoms with E-state index in [2.05, 4.69) is 44.8 Å². The van der Waals surface area contributed by atoms with Gasteiger partial charge in [-0.25, -0.2) is 0 Å². The summed E-state index contributed by atoms with van der Waals surface area (Å²) in [6.45, 7) is 16.9. The molecule has 0 bridgehead atoms. The highest BCUT2D eigenvalue weighted by atomic mass is 16.5. The second kappa shape index (κ2) is 10.2. The van der Waals surface area contributed by atoms with Crippen LogP contribution in [-0.2, 0) is 9.53 Å². The van der Waals surface area contributed by atoms with E-state index in [0.717, 1.165) is 39.0 Å². The van der Waals surface area contributed by atoms with E-state index in [1.165, 1.54) is 7.11 Å². The molecular formula is C17H36N2O2. The van der Waals surface area contributed by atoms with Crippen LogP contribution in [0.2, 0.25) is 0 Å². The zero-order valence-corrected chi connectivity index (χ0v) is 15.2. The molecule has 0 fully saturated rings. The Balaban J connectivity index is 4.69. The van der Waals surface area contributed by atoms with Crippen molar-refractivity contribution >= 4 is 5.97 Å². The van der Waals surface area contributed by atoms with E-state index < -0.39 is 5.54 Å². The van der Waals surface area contributed by atoms with Gasteiger partial charge in [0.2, 0.25) is 0 Å². The Labute approximate surface area is 131 Å². The predicted octanol–water partition coefficient (Wildman–Crippen LogP) is 2.92. The number of esters is 1. The maximum atomic E-state index is 12.1. The minimum atomic E-state index is -0.586. The molecule has 1 unspecified atom stereocenters. The topological polar surface area (TPSA) is 41.6 Å². The van der Waals surface area contributed by atoms with Crippen LogP contribution in [0.1, 0.15) is 54.4 Å². The van der Waals surface area contributed by atoms with Gasteiger partial charge in [0.1, 0.15) is 5.54 Å². The van der Waals surface area contributed by atoms with E-state index >= 15 is 0 Å². The van der Waals surface area contributed by atoms with Crippen molar-refractivity contribution in [3.63, 3.8) is 0 Å². The zero-order valence-electron chi connectivity index (χ0n) is 15.2. The number of nitrogens with one attached hydrogen (secondary N) is 1. The second-order valence-electron chi connectivity index (χ2n) is 7.05. The maximum Gasteiger partial charge on any atom is 0.325 e. The van der Waals surface area contributed by atoms with Crippen LogP contribution in [0, 0.1) is 11.8 Å². The summed E-state index contributed by atoms with van der Waals surface area (Å²) in [7, 11) is 1.47. The van der Waals surface area contributed by atoms with Crippen molar-refractivity contribution in [2.45, 2.75) is 59.9 Å². The highest BCUT2D eigenvalue weighted by Crippen LogP contribution is 2.15. The van der Waals surface area contributed by atoms with Crippen LogP contribution in [0.15, 0.2) is 0 Å². The molecule has 1 N–H and O–H groups in total. The van der Waals surface area contributed by atoms with Crippen molar-refractivity contribution in [3.8, 4) is 0 Å². The Hall–Kier alpha value is -0.610. The molecule has 0 amide bonds. The summed E-state index contributed by atoms with van der Waals surface area (Å²) in [4.78, 5) is 14.6. The SMILES string of the molecule is CCCNC(C)(CCN(CC(C)C)CC(C)C)C(=O)OC. The lowest BCUT2D eigenvalue weighted by Crippen LogP contribution is -2.52. The molecule has 126 valence electrons. The first-order valence-electron chi connectivity index (χ1n) is 8.31. The molecule has 0 aromatic rings. The van der Waals surface area contributed by atoms with Gasteiger partial charge in [0.25, 0.3) is 0 Å². The molecule has 0 aromatic carbocycles. The van der Waals surface area contributed by atoms with Gasteiger partial charge >= 0.3 is 5.97 Å². The summed E-state index contributed by atoms with van der Waals surface area (Å²) < 4.78 is 4.99. The lowest BCUT2D eigenvalue weighted by Gasteiger charge is -2.32. The van der Waals surface area contributed by atoms with E-state index in [4.69, 9.17) is 4.74 Å². The normalized spacial score (nSPS) is 14.8. The summed E-state index contributed by atoms with van der Waals surface area (Å²) in [5.41, 5.74) is -0.586. The molecule has 21 heavy (non-hydrogen) atoms. The van der Waals surface area contributed by atoms with E-state index in [1.54, 1.807) is 0 Å². The minimum absolute atomic E-state index is 0.162. The first-order valence-corrected chi connectivity index (χ1v) is 8.31. The molecule has 0 aliphatic carbocycles. The summed E-state index contributed by atoms with van der Waals surface area (Å²) in [5.74, 6) is 1.11. The van der Waals surface area contributed by atoms with Gasteiger partial charge < -0.3 is 15.0 Å². The number of carbonyl (C=O) groups is 1. The van der Waals surface area contributed by atoms with Crippen molar-refractivity contribution in [2.24, 2.45) is 11.8 Å². The van der Waals surface area contributed by atoms with Crippen molar-refractivity contribution < 1.29 is 9.53 Å². The van der Waals surface area contributed by atoms with Gasteiger partial charge in [-0.2, -0.15) is 0 Å². The molecule has 0 radical (unpaired) electrons. The van der Waals surface area contributed by atoms with Crippen LogP contribution >= 0.6 is 0 Å². The van der Waals surface area contributed by atoms with Gasteiger partial charge in [-0.3, -0.25) is 4.79 Å².